The Kier molecular flexibility index (Phi) is 4.12. The standard InChI is InChI=1S/C19H27NO2/c1-18(2,3)17-16(21)12-15(20(17)19(4,5)6)13-9-8-10-14(11-13)22-7/h8-12,17H,1-7H3. The van der Waals surface area contributed by atoms with Crippen LogP contribution in [0.4, 0.5) is 0 Å². The van der Waals surface area contributed by atoms with Crippen molar-refractivity contribution in [3.05, 3.63) is 35.9 Å². The fourth-order valence-corrected chi connectivity index (χ4v) is 3.12. The number of carbonyl (C=O) groups is 1. The normalized spacial score (nSPS) is 19.4. The van der Waals surface area contributed by atoms with Gasteiger partial charge >= 0.3 is 0 Å². The zero-order valence-corrected chi connectivity index (χ0v) is 14.7. The molecule has 3 nitrogen and oxygen atoms in total. The summed E-state index contributed by atoms with van der Waals surface area (Å²) in [5.41, 5.74) is 1.74. The Hall–Kier alpha value is -1.77. The molecular weight excluding hydrogens is 274 g/mol. The molecule has 1 aliphatic rings. The molecule has 1 aromatic carbocycles. The van der Waals surface area contributed by atoms with Gasteiger partial charge in [0.25, 0.3) is 0 Å². The van der Waals surface area contributed by atoms with Gasteiger partial charge in [-0.1, -0.05) is 32.9 Å². The Morgan fingerprint density at radius 1 is 1.09 bits per heavy atom. The molecule has 0 aliphatic carbocycles. The second-order valence-electron chi connectivity index (χ2n) is 7.97. The molecule has 22 heavy (non-hydrogen) atoms. The van der Waals surface area contributed by atoms with E-state index in [1.165, 1.54) is 0 Å². The summed E-state index contributed by atoms with van der Waals surface area (Å²) in [4.78, 5) is 14.9. The molecule has 1 aromatic rings. The second-order valence-corrected chi connectivity index (χ2v) is 7.97. The van der Waals surface area contributed by atoms with Crippen LogP contribution in [0.25, 0.3) is 5.70 Å². The van der Waals surface area contributed by atoms with Gasteiger partial charge in [0.15, 0.2) is 5.78 Å². The van der Waals surface area contributed by atoms with E-state index in [9.17, 15) is 4.79 Å². The minimum Gasteiger partial charge on any atom is -0.497 e. The Bertz CT molecular complexity index is 603. The molecule has 0 saturated heterocycles. The van der Waals surface area contributed by atoms with Crippen molar-refractivity contribution in [2.75, 3.05) is 7.11 Å². The first-order valence-corrected chi connectivity index (χ1v) is 7.75. The highest BCUT2D eigenvalue weighted by molar-refractivity contribution is 6.05. The number of benzene rings is 1. The van der Waals surface area contributed by atoms with Crippen LogP contribution in [0, 0.1) is 5.41 Å². The third kappa shape index (κ3) is 3.03. The van der Waals surface area contributed by atoms with Gasteiger partial charge in [-0.2, -0.15) is 0 Å². The Labute approximate surface area is 134 Å². The number of nitrogens with zero attached hydrogens (tertiary/aromatic N) is 1. The Balaban J connectivity index is 2.54. The molecule has 1 atom stereocenters. The van der Waals surface area contributed by atoms with Crippen molar-refractivity contribution in [2.45, 2.75) is 53.1 Å². The average molecular weight is 301 g/mol. The average Bonchev–Trinajstić information content (AvgIpc) is 2.76. The molecule has 3 heteroatoms. The zero-order valence-electron chi connectivity index (χ0n) is 14.7. The summed E-state index contributed by atoms with van der Waals surface area (Å²) in [7, 11) is 1.66. The van der Waals surface area contributed by atoms with Gasteiger partial charge < -0.3 is 9.64 Å². The monoisotopic (exact) mass is 301 g/mol. The fraction of sp³-hybridized carbons (Fsp3) is 0.526. The van der Waals surface area contributed by atoms with Crippen LogP contribution in [0.15, 0.2) is 30.3 Å². The lowest BCUT2D eigenvalue weighted by molar-refractivity contribution is -0.121. The van der Waals surface area contributed by atoms with Gasteiger partial charge in [-0.25, -0.2) is 0 Å². The molecule has 120 valence electrons. The van der Waals surface area contributed by atoms with Crippen LogP contribution in [0.5, 0.6) is 5.75 Å². The molecule has 2 rings (SSSR count). The van der Waals surface area contributed by atoms with Crippen molar-refractivity contribution in [3.8, 4) is 5.75 Å². The van der Waals surface area contributed by atoms with Gasteiger partial charge in [0.1, 0.15) is 5.75 Å². The molecule has 0 amide bonds. The topological polar surface area (TPSA) is 29.5 Å². The molecule has 0 radical (unpaired) electrons. The van der Waals surface area contributed by atoms with Crippen molar-refractivity contribution in [1.29, 1.82) is 0 Å². The highest BCUT2D eigenvalue weighted by Gasteiger charge is 2.45. The van der Waals surface area contributed by atoms with E-state index in [2.05, 4.69) is 46.4 Å². The molecule has 0 fully saturated rings. The molecule has 0 spiro atoms. The molecule has 1 heterocycles. The van der Waals surface area contributed by atoms with Gasteiger partial charge in [-0.15, -0.1) is 0 Å². The van der Waals surface area contributed by atoms with Crippen LogP contribution >= 0.6 is 0 Å². The van der Waals surface area contributed by atoms with E-state index >= 15 is 0 Å². The van der Waals surface area contributed by atoms with Gasteiger partial charge in [0.2, 0.25) is 0 Å². The maximum absolute atomic E-state index is 12.7. The summed E-state index contributed by atoms with van der Waals surface area (Å²) in [6.45, 7) is 12.8. The molecular formula is C19H27NO2. The number of hydrogen-bond acceptors (Lipinski definition) is 3. The SMILES string of the molecule is COc1cccc(C2=CC(=O)C(C(C)(C)C)N2C(C)(C)C)c1. The Morgan fingerprint density at radius 3 is 2.23 bits per heavy atom. The molecule has 0 N–H and O–H groups in total. The lowest BCUT2D eigenvalue weighted by Crippen LogP contribution is -2.52. The number of ether oxygens (including phenoxy) is 1. The lowest BCUT2D eigenvalue weighted by Gasteiger charge is -2.45. The van der Waals surface area contributed by atoms with Crippen LogP contribution in [0.1, 0.15) is 47.1 Å². The number of carbonyl (C=O) groups excluding carboxylic acids is 1. The van der Waals surface area contributed by atoms with Gasteiger partial charge in [0.05, 0.1) is 13.2 Å². The fourth-order valence-electron chi connectivity index (χ4n) is 3.12. The minimum atomic E-state index is -0.145. The van der Waals surface area contributed by atoms with Crippen LogP contribution in [-0.2, 0) is 4.79 Å². The van der Waals surface area contributed by atoms with Gasteiger partial charge in [-0.3, -0.25) is 4.79 Å². The number of methoxy groups -OCH3 is 1. The first-order valence-electron chi connectivity index (χ1n) is 7.75. The largest absolute Gasteiger partial charge is 0.497 e. The zero-order chi connectivity index (χ0) is 16.7. The first-order chi connectivity index (χ1) is 10.1. The highest BCUT2D eigenvalue weighted by atomic mass is 16.5. The second kappa shape index (κ2) is 5.45. The van der Waals surface area contributed by atoms with E-state index in [4.69, 9.17) is 4.74 Å². The minimum absolute atomic E-state index is 0.124. The molecule has 0 bridgehead atoms. The predicted molar refractivity (Wildman–Crippen MR) is 90.8 cm³/mol. The van der Waals surface area contributed by atoms with Crippen LogP contribution in [-0.4, -0.2) is 29.4 Å². The number of hydrogen-bond donors (Lipinski definition) is 0. The maximum atomic E-state index is 12.7. The third-order valence-electron chi connectivity index (χ3n) is 3.97. The lowest BCUT2D eigenvalue weighted by atomic mass is 9.82. The summed E-state index contributed by atoms with van der Waals surface area (Å²) >= 11 is 0. The van der Waals surface area contributed by atoms with E-state index in [0.717, 1.165) is 17.0 Å². The molecule has 0 saturated carbocycles. The summed E-state index contributed by atoms with van der Waals surface area (Å²) in [6, 6.07) is 7.76. The molecule has 1 unspecified atom stereocenters. The van der Waals surface area contributed by atoms with Crippen molar-refractivity contribution in [2.24, 2.45) is 5.41 Å². The van der Waals surface area contributed by atoms with E-state index in [1.807, 2.05) is 24.3 Å². The van der Waals surface area contributed by atoms with E-state index in [-0.39, 0.29) is 22.8 Å². The van der Waals surface area contributed by atoms with Gasteiger partial charge in [0, 0.05) is 22.9 Å². The maximum Gasteiger partial charge on any atom is 0.180 e. The van der Waals surface area contributed by atoms with Gasteiger partial charge in [-0.05, 0) is 38.3 Å². The van der Waals surface area contributed by atoms with Crippen LogP contribution in [0.3, 0.4) is 0 Å². The summed E-state index contributed by atoms with van der Waals surface area (Å²) in [5.74, 6) is 0.985. The quantitative estimate of drug-likeness (QED) is 0.822. The summed E-state index contributed by atoms with van der Waals surface area (Å²) in [6.07, 6.45) is 1.79. The highest BCUT2D eigenvalue weighted by Crippen LogP contribution is 2.41. The third-order valence-corrected chi connectivity index (χ3v) is 3.97. The van der Waals surface area contributed by atoms with Crippen molar-refractivity contribution in [3.63, 3.8) is 0 Å². The van der Waals surface area contributed by atoms with E-state index in [1.54, 1.807) is 13.2 Å². The smallest absolute Gasteiger partial charge is 0.180 e. The van der Waals surface area contributed by atoms with Crippen molar-refractivity contribution < 1.29 is 9.53 Å². The molecule has 1 aliphatic heterocycles. The van der Waals surface area contributed by atoms with Crippen molar-refractivity contribution >= 4 is 11.5 Å². The predicted octanol–water partition coefficient (Wildman–Crippen LogP) is 4.13. The van der Waals surface area contributed by atoms with E-state index < -0.39 is 0 Å². The summed E-state index contributed by atoms with van der Waals surface area (Å²) < 4.78 is 5.33. The number of rotatable bonds is 2. The molecule has 0 aromatic heterocycles. The summed E-state index contributed by atoms with van der Waals surface area (Å²) in [5, 5.41) is 0. The van der Waals surface area contributed by atoms with Crippen LogP contribution in [0.2, 0.25) is 0 Å². The van der Waals surface area contributed by atoms with Crippen LogP contribution < -0.4 is 4.74 Å². The Morgan fingerprint density at radius 2 is 1.73 bits per heavy atom. The van der Waals surface area contributed by atoms with Crippen molar-refractivity contribution in [1.82, 2.24) is 4.90 Å². The van der Waals surface area contributed by atoms with E-state index in [0.29, 0.717) is 0 Å². The first kappa shape index (κ1) is 16.6. The number of ketones is 1.